The number of anilines is 1. The van der Waals surface area contributed by atoms with Gasteiger partial charge in [0.05, 0.1) is 11.3 Å². The molecule has 1 aromatic heterocycles. The summed E-state index contributed by atoms with van der Waals surface area (Å²) in [6.45, 7) is 1.67. The van der Waals surface area contributed by atoms with Crippen LogP contribution >= 0.6 is 15.9 Å². The van der Waals surface area contributed by atoms with Crippen LogP contribution in [0.1, 0.15) is 16.2 Å². The number of carboxylic acid groups (broad SMARTS) is 1. The zero-order valence-corrected chi connectivity index (χ0v) is 13.6. The molecule has 0 saturated carbocycles. The molecule has 7 nitrogen and oxygen atoms in total. The van der Waals surface area contributed by atoms with Gasteiger partial charge in [0, 0.05) is 17.7 Å². The van der Waals surface area contributed by atoms with Crippen LogP contribution in [-0.2, 0) is 17.1 Å². The Morgan fingerprint density at radius 3 is 2.62 bits per heavy atom. The van der Waals surface area contributed by atoms with Gasteiger partial charge in [0.1, 0.15) is 5.82 Å². The Kier molecular flexibility index (Phi) is 4.06. The largest absolute Gasteiger partial charge is 0.478 e. The van der Waals surface area contributed by atoms with Gasteiger partial charge in [-0.2, -0.15) is 8.42 Å². The highest BCUT2D eigenvalue weighted by atomic mass is 79.9. The molecular weight excluding hydrogens is 362 g/mol. The van der Waals surface area contributed by atoms with Gasteiger partial charge in [-0.1, -0.05) is 15.9 Å². The Balaban J connectivity index is 2.45. The average Bonchev–Trinajstić information content (AvgIpc) is 2.69. The van der Waals surface area contributed by atoms with Crippen molar-refractivity contribution < 1.29 is 18.3 Å². The fraction of sp³-hybridized carbons (Fsp3) is 0.167. The van der Waals surface area contributed by atoms with E-state index in [2.05, 4.69) is 25.6 Å². The van der Waals surface area contributed by atoms with Gasteiger partial charge in [-0.25, -0.2) is 9.78 Å². The smallest absolute Gasteiger partial charge is 0.337 e. The summed E-state index contributed by atoms with van der Waals surface area (Å²) in [5.41, 5.74) is -0.172. The second-order valence-electron chi connectivity index (χ2n) is 4.34. The predicted molar refractivity (Wildman–Crippen MR) is 79.9 cm³/mol. The molecule has 0 spiro atoms. The summed E-state index contributed by atoms with van der Waals surface area (Å²) >= 11 is 3.18. The molecule has 0 saturated heterocycles. The minimum absolute atomic E-state index is 0.0276. The first-order chi connectivity index (χ1) is 9.70. The summed E-state index contributed by atoms with van der Waals surface area (Å²) in [7, 11) is -2.28. The van der Waals surface area contributed by atoms with Crippen LogP contribution in [0.2, 0.25) is 0 Å². The molecule has 0 aliphatic carbocycles. The molecule has 0 amide bonds. The fourth-order valence-corrected chi connectivity index (χ4v) is 3.11. The van der Waals surface area contributed by atoms with E-state index in [1.165, 1.54) is 24.4 Å². The third kappa shape index (κ3) is 3.24. The minimum Gasteiger partial charge on any atom is -0.478 e. The molecule has 0 atom stereocenters. The Hall–Kier alpha value is -1.87. The number of aromatic carboxylic acids is 1. The maximum absolute atomic E-state index is 12.3. The Morgan fingerprint density at radius 1 is 1.43 bits per heavy atom. The zero-order valence-electron chi connectivity index (χ0n) is 11.2. The van der Waals surface area contributed by atoms with Gasteiger partial charge in [0.2, 0.25) is 0 Å². The van der Waals surface area contributed by atoms with Crippen molar-refractivity contribution in [1.29, 1.82) is 0 Å². The quantitative estimate of drug-likeness (QED) is 0.852. The number of nitrogens with zero attached hydrogens (tertiary/aromatic N) is 2. The summed E-state index contributed by atoms with van der Waals surface area (Å²) in [5.74, 6) is -0.694. The molecule has 0 bridgehead atoms. The highest BCUT2D eigenvalue weighted by molar-refractivity contribution is 9.10. The van der Waals surface area contributed by atoms with Crippen molar-refractivity contribution in [3.63, 3.8) is 0 Å². The van der Waals surface area contributed by atoms with Gasteiger partial charge in [-0.05, 0) is 25.1 Å². The third-order valence-corrected chi connectivity index (χ3v) is 4.55. The number of nitrogens with one attached hydrogen (secondary N) is 1. The summed E-state index contributed by atoms with van der Waals surface area (Å²) in [6, 6.07) is 4.22. The van der Waals surface area contributed by atoms with Gasteiger partial charge in [0.15, 0.2) is 5.03 Å². The molecule has 1 aromatic carbocycles. The second-order valence-corrected chi connectivity index (χ2v) is 6.88. The van der Waals surface area contributed by atoms with Crippen molar-refractivity contribution in [3.05, 3.63) is 40.3 Å². The van der Waals surface area contributed by atoms with E-state index in [0.29, 0.717) is 10.3 Å². The Bertz CT molecular complexity index is 794. The van der Waals surface area contributed by atoms with Crippen LogP contribution in [0.4, 0.5) is 5.69 Å². The standard InChI is InChI=1S/C12H12BrN3O4S/c1-7-14-11(6-16(7)2)21(19,20)15-10-5-8(13)3-4-9(10)12(17)18/h3-6,15H,1-2H3,(H,17,18). The lowest BCUT2D eigenvalue weighted by Gasteiger charge is -2.09. The number of sulfonamides is 1. The molecule has 2 rings (SSSR count). The first kappa shape index (κ1) is 15.5. The lowest BCUT2D eigenvalue weighted by molar-refractivity contribution is 0.0698. The van der Waals surface area contributed by atoms with Gasteiger partial charge in [-0.3, -0.25) is 4.72 Å². The summed E-state index contributed by atoms with van der Waals surface area (Å²) in [6.07, 6.45) is 1.36. The van der Waals surface area contributed by atoms with Crippen LogP contribution in [0.5, 0.6) is 0 Å². The molecule has 112 valence electrons. The molecule has 0 unspecified atom stereocenters. The van der Waals surface area contributed by atoms with Crippen molar-refractivity contribution in [3.8, 4) is 0 Å². The van der Waals surface area contributed by atoms with Gasteiger partial charge >= 0.3 is 5.97 Å². The number of carbonyl (C=O) groups is 1. The average molecular weight is 374 g/mol. The first-order valence-electron chi connectivity index (χ1n) is 5.76. The monoisotopic (exact) mass is 373 g/mol. The maximum Gasteiger partial charge on any atom is 0.337 e. The SMILES string of the molecule is Cc1nc(S(=O)(=O)Nc2cc(Br)ccc2C(=O)O)cn1C. The predicted octanol–water partition coefficient (Wildman–Crippen LogP) is 1.99. The third-order valence-electron chi connectivity index (χ3n) is 2.82. The van der Waals surface area contributed by atoms with E-state index in [0.717, 1.165) is 0 Å². The summed E-state index contributed by atoms with van der Waals surface area (Å²) < 4.78 is 28.9. The number of aryl methyl sites for hydroxylation is 2. The van der Waals surface area contributed by atoms with Gasteiger partial charge < -0.3 is 9.67 Å². The number of hydrogen-bond acceptors (Lipinski definition) is 4. The summed E-state index contributed by atoms with van der Waals surface area (Å²) in [5, 5.41) is 8.93. The zero-order chi connectivity index (χ0) is 15.8. The molecule has 0 fully saturated rings. The number of halogens is 1. The van der Waals surface area contributed by atoms with E-state index >= 15 is 0 Å². The fourth-order valence-electron chi connectivity index (χ4n) is 1.64. The first-order valence-corrected chi connectivity index (χ1v) is 8.04. The van der Waals surface area contributed by atoms with Crippen molar-refractivity contribution >= 4 is 37.6 Å². The molecule has 1 heterocycles. The highest BCUT2D eigenvalue weighted by Gasteiger charge is 2.21. The van der Waals surface area contributed by atoms with Crippen molar-refractivity contribution in [1.82, 2.24) is 9.55 Å². The van der Waals surface area contributed by atoms with Gasteiger partial charge in [-0.15, -0.1) is 0 Å². The van der Waals surface area contributed by atoms with E-state index < -0.39 is 16.0 Å². The number of aromatic nitrogens is 2. The molecule has 0 radical (unpaired) electrons. The van der Waals surface area contributed by atoms with E-state index in [9.17, 15) is 13.2 Å². The number of imidazole rings is 1. The molecular formula is C12H12BrN3O4S. The van der Waals surface area contributed by atoms with E-state index in [-0.39, 0.29) is 16.3 Å². The molecule has 9 heteroatoms. The summed E-state index contributed by atoms with van der Waals surface area (Å²) in [4.78, 5) is 15.1. The lowest BCUT2D eigenvalue weighted by atomic mass is 10.2. The van der Waals surface area contributed by atoms with E-state index in [1.54, 1.807) is 18.5 Å². The van der Waals surface area contributed by atoms with E-state index in [4.69, 9.17) is 5.11 Å². The number of rotatable bonds is 4. The molecule has 2 N–H and O–H groups in total. The molecule has 0 aliphatic rings. The van der Waals surface area contributed by atoms with Crippen LogP contribution in [0.15, 0.2) is 33.9 Å². The molecule has 2 aromatic rings. The highest BCUT2D eigenvalue weighted by Crippen LogP contribution is 2.24. The van der Waals surface area contributed by atoms with Crippen LogP contribution in [0, 0.1) is 6.92 Å². The van der Waals surface area contributed by atoms with Crippen molar-refractivity contribution in [2.45, 2.75) is 11.9 Å². The Labute approximate surface area is 129 Å². The number of carboxylic acids is 1. The molecule has 0 aliphatic heterocycles. The van der Waals surface area contributed by atoms with Crippen molar-refractivity contribution in [2.24, 2.45) is 7.05 Å². The van der Waals surface area contributed by atoms with Crippen LogP contribution in [-0.4, -0.2) is 29.0 Å². The van der Waals surface area contributed by atoms with E-state index in [1.807, 2.05) is 0 Å². The Morgan fingerprint density at radius 2 is 2.10 bits per heavy atom. The van der Waals surface area contributed by atoms with Crippen molar-refractivity contribution in [2.75, 3.05) is 4.72 Å². The van der Waals surface area contributed by atoms with Crippen LogP contribution in [0.3, 0.4) is 0 Å². The number of hydrogen-bond donors (Lipinski definition) is 2. The maximum atomic E-state index is 12.3. The van der Waals surface area contributed by atoms with Gasteiger partial charge in [0.25, 0.3) is 10.0 Å². The minimum atomic E-state index is -3.95. The van der Waals surface area contributed by atoms with Crippen LogP contribution < -0.4 is 4.72 Å². The second kappa shape index (κ2) is 5.49. The number of benzene rings is 1. The molecule has 21 heavy (non-hydrogen) atoms. The van der Waals surface area contributed by atoms with Crippen LogP contribution in [0.25, 0.3) is 0 Å². The normalized spacial score (nSPS) is 11.4. The lowest BCUT2D eigenvalue weighted by Crippen LogP contribution is -2.16. The topological polar surface area (TPSA) is 101 Å².